The molecule has 0 aliphatic carbocycles. The Bertz CT molecular complexity index is 1680. The Morgan fingerprint density at radius 1 is 0.933 bits per heavy atom. The molecule has 2 heterocycles. The summed E-state index contributed by atoms with van der Waals surface area (Å²) in [4.78, 5) is 14.0. The van der Waals surface area contributed by atoms with E-state index in [-0.39, 0.29) is 19.8 Å². The predicted octanol–water partition coefficient (Wildman–Crippen LogP) is 6.59. The number of fused-ring (bicyclic) bond motifs is 1. The summed E-state index contributed by atoms with van der Waals surface area (Å²) in [5.74, 6) is 6.77. The second kappa shape index (κ2) is 14.8. The molecule has 0 bridgehead atoms. The number of halogens is 3. The maximum Gasteiger partial charge on any atom is 0.416 e. The van der Waals surface area contributed by atoms with Crippen molar-refractivity contribution in [2.45, 2.75) is 13.1 Å². The summed E-state index contributed by atoms with van der Waals surface area (Å²) in [5, 5.41) is 0.619. The SMILES string of the molecule is CCOC(=O)COc1ccc(OCC=C(c2ccc(C#CCN3CCOCC3)cc2)c2ccc(C(F)(F)F)cc2)c2occc12. The quantitative estimate of drug-likeness (QED) is 0.147. The zero-order valence-corrected chi connectivity index (χ0v) is 24.7. The van der Waals surface area contributed by atoms with E-state index in [0.717, 1.165) is 36.3 Å². The minimum atomic E-state index is -4.44. The lowest BCUT2D eigenvalue weighted by atomic mass is 9.96. The van der Waals surface area contributed by atoms with Crippen LogP contribution in [0.25, 0.3) is 16.5 Å². The van der Waals surface area contributed by atoms with E-state index in [9.17, 15) is 18.0 Å². The standard InChI is InChI=1S/C35H32F3NO6/c1-2-42-33(40)24-45-31-13-14-32(34-30(31)16-21-44-34)43-20-15-29(27-9-11-28(12-10-27)35(36,37)38)26-7-5-25(6-8-26)4-3-17-39-18-22-41-23-19-39/h5-16,21H,2,17-20,22-24H2,1H3. The number of alkyl halides is 3. The van der Waals surface area contributed by atoms with E-state index in [1.807, 2.05) is 30.3 Å². The van der Waals surface area contributed by atoms with Crippen LogP contribution in [0.1, 0.15) is 29.2 Å². The first-order valence-corrected chi connectivity index (χ1v) is 14.5. The highest BCUT2D eigenvalue weighted by molar-refractivity contribution is 5.89. The predicted molar refractivity (Wildman–Crippen MR) is 163 cm³/mol. The second-order valence-electron chi connectivity index (χ2n) is 10.1. The van der Waals surface area contributed by atoms with Gasteiger partial charge in [0.05, 0.1) is 43.6 Å². The fourth-order valence-corrected chi connectivity index (χ4v) is 4.79. The molecule has 1 aliphatic rings. The molecule has 3 aromatic carbocycles. The summed E-state index contributed by atoms with van der Waals surface area (Å²) in [5.41, 5.74) is 2.63. The number of benzene rings is 3. The molecule has 7 nitrogen and oxygen atoms in total. The molecule has 0 atom stereocenters. The third kappa shape index (κ3) is 8.47. The lowest BCUT2D eigenvalue weighted by molar-refractivity contribution is -0.145. The van der Waals surface area contributed by atoms with Crippen LogP contribution in [0.15, 0.2) is 83.5 Å². The van der Waals surface area contributed by atoms with E-state index in [2.05, 4.69) is 16.7 Å². The molecule has 1 aromatic heterocycles. The summed E-state index contributed by atoms with van der Waals surface area (Å²) in [6, 6.07) is 17.6. The third-order valence-electron chi connectivity index (χ3n) is 7.08. The van der Waals surface area contributed by atoms with Gasteiger partial charge in [-0.05, 0) is 72.2 Å². The van der Waals surface area contributed by atoms with E-state index in [1.54, 1.807) is 25.1 Å². The zero-order valence-electron chi connectivity index (χ0n) is 24.7. The molecular formula is C35H32F3NO6. The fraction of sp³-hybridized carbons (Fsp3) is 0.286. The highest BCUT2D eigenvalue weighted by Crippen LogP contribution is 2.35. The van der Waals surface area contributed by atoms with Gasteiger partial charge in [-0.1, -0.05) is 36.1 Å². The lowest BCUT2D eigenvalue weighted by Gasteiger charge is -2.24. The minimum absolute atomic E-state index is 0.0935. The summed E-state index contributed by atoms with van der Waals surface area (Å²) in [6.45, 7) is 5.61. The Hall–Kier alpha value is -4.72. The van der Waals surface area contributed by atoms with Gasteiger partial charge in [0.25, 0.3) is 0 Å². The molecular weight excluding hydrogens is 587 g/mol. The fourth-order valence-electron chi connectivity index (χ4n) is 4.79. The number of morpholine rings is 1. The summed E-state index contributed by atoms with van der Waals surface area (Å²) in [6.07, 6.45) is -1.14. The average molecular weight is 620 g/mol. The molecule has 45 heavy (non-hydrogen) atoms. The van der Waals surface area contributed by atoms with Crippen molar-refractivity contribution < 1.29 is 41.3 Å². The number of nitrogens with zero attached hydrogens (tertiary/aromatic N) is 1. The first-order chi connectivity index (χ1) is 21.8. The van der Waals surface area contributed by atoms with Gasteiger partial charge in [0.2, 0.25) is 0 Å². The summed E-state index contributed by atoms with van der Waals surface area (Å²) < 4.78 is 67.3. The topological polar surface area (TPSA) is 70.4 Å². The molecule has 4 aromatic rings. The van der Waals surface area contributed by atoms with Gasteiger partial charge in [-0.25, -0.2) is 4.79 Å². The molecule has 1 saturated heterocycles. The monoisotopic (exact) mass is 619 g/mol. The Morgan fingerprint density at radius 3 is 2.31 bits per heavy atom. The number of ether oxygens (including phenoxy) is 4. The lowest BCUT2D eigenvalue weighted by Crippen LogP contribution is -2.36. The number of furan rings is 1. The van der Waals surface area contributed by atoms with Gasteiger partial charge in [-0.15, -0.1) is 0 Å². The van der Waals surface area contributed by atoms with Crippen molar-refractivity contribution in [2.24, 2.45) is 0 Å². The van der Waals surface area contributed by atoms with Crippen LogP contribution in [0.5, 0.6) is 11.5 Å². The highest BCUT2D eigenvalue weighted by Gasteiger charge is 2.30. The molecule has 1 aliphatic heterocycles. The minimum Gasteiger partial charge on any atom is -0.486 e. The Balaban J connectivity index is 1.35. The van der Waals surface area contributed by atoms with E-state index < -0.39 is 17.7 Å². The Morgan fingerprint density at radius 2 is 1.62 bits per heavy atom. The molecule has 0 unspecified atom stereocenters. The highest BCUT2D eigenvalue weighted by atomic mass is 19.4. The smallest absolute Gasteiger partial charge is 0.416 e. The zero-order chi connectivity index (χ0) is 31.6. The molecule has 0 amide bonds. The molecule has 0 spiro atoms. The molecule has 0 radical (unpaired) electrons. The van der Waals surface area contributed by atoms with Gasteiger partial charge >= 0.3 is 12.1 Å². The van der Waals surface area contributed by atoms with Gasteiger partial charge in [-0.2, -0.15) is 13.2 Å². The molecule has 234 valence electrons. The molecule has 5 rings (SSSR count). The number of carbonyl (C=O) groups is 1. The van der Waals surface area contributed by atoms with Crippen LogP contribution in [-0.2, 0) is 20.4 Å². The van der Waals surface area contributed by atoms with Gasteiger partial charge < -0.3 is 23.4 Å². The molecule has 1 fully saturated rings. The first-order valence-electron chi connectivity index (χ1n) is 14.5. The van der Waals surface area contributed by atoms with E-state index in [0.29, 0.717) is 53.4 Å². The maximum atomic E-state index is 13.3. The third-order valence-corrected chi connectivity index (χ3v) is 7.08. The Kier molecular flexibility index (Phi) is 10.5. The van der Waals surface area contributed by atoms with E-state index >= 15 is 0 Å². The summed E-state index contributed by atoms with van der Waals surface area (Å²) >= 11 is 0. The van der Waals surface area contributed by atoms with Crippen LogP contribution >= 0.6 is 0 Å². The van der Waals surface area contributed by atoms with Crippen LogP contribution in [0, 0.1) is 11.8 Å². The number of carbonyl (C=O) groups excluding carboxylic acids is 1. The average Bonchev–Trinajstić information content (AvgIpc) is 3.54. The van der Waals surface area contributed by atoms with Crippen molar-refractivity contribution in [2.75, 3.05) is 52.7 Å². The number of hydrogen-bond donors (Lipinski definition) is 0. The number of esters is 1. The van der Waals surface area contributed by atoms with Crippen molar-refractivity contribution in [3.8, 4) is 23.3 Å². The van der Waals surface area contributed by atoms with Crippen molar-refractivity contribution in [1.82, 2.24) is 4.90 Å². The summed E-state index contributed by atoms with van der Waals surface area (Å²) in [7, 11) is 0. The largest absolute Gasteiger partial charge is 0.486 e. The molecule has 0 N–H and O–H groups in total. The van der Waals surface area contributed by atoms with Crippen LogP contribution in [-0.4, -0.2) is 63.5 Å². The molecule has 0 saturated carbocycles. The van der Waals surface area contributed by atoms with Gasteiger partial charge in [0.15, 0.2) is 17.9 Å². The number of rotatable bonds is 10. The van der Waals surface area contributed by atoms with Crippen LogP contribution < -0.4 is 9.47 Å². The molecule has 10 heteroatoms. The van der Waals surface area contributed by atoms with Crippen molar-refractivity contribution >= 4 is 22.5 Å². The van der Waals surface area contributed by atoms with Gasteiger partial charge in [-0.3, -0.25) is 4.90 Å². The van der Waals surface area contributed by atoms with Crippen molar-refractivity contribution in [1.29, 1.82) is 0 Å². The van der Waals surface area contributed by atoms with Gasteiger partial charge in [0.1, 0.15) is 12.4 Å². The normalized spacial score (nSPS) is 14.1. The first kappa shape index (κ1) is 31.7. The van der Waals surface area contributed by atoms with Crippen LogP contribution in [0.4, 0.5) is 13.2 Å². The number of hydrogen-bond acceptors (Lipinski definition) is 7. The van der Waals surface area contributed by atoms with Crippen molar-refractivity contribution in [3.05, 3.63) is 101 Å². The maximum absolute atomic E-state index is 13.3. The van der Waals surface area contributed by atoms with Crippen LogP contribution in [0.2, 0.25) is 0 Å². The Labute approximate surface area is 259 Å². The second-order valence-corrected chi connectivity index (χ2v) is 10.1. The van der Waals surface area contributed by atoms with E-state index in [4.69, 9.17) is 23.4 Å². The van der Waals surface area contributed by atoms with Crippen LogP contribution in [0.3, 0.4) is 0 Å². The van der Waals surface area contributed by atoms with Crippen molar-refractivity contribution in [3.63, 3.8) is 0 Å². The van der Waals surface area contributed by atoms with E-state index in [1.165, 1.54) is 18.4 Å². The van der Waals surface area contributed by atoms with Gasteiger partial charge in [0, 0.05) is 18.7 Å².